The van der Waals surface area contributed by atoms with Crippen LogP contribution in [0.4, 0.5) is 0 Å². The first-order valence-electron chi connectivity index (χ1n) is 6.57. The summed E-state index contributed by atoms with van der Waals surface area (Å²) in [5.74, 6) is 0.305. The fraction of sp³-hybridized carbons (Fsp3) is 0.188. The Labute approximate surface area is 135 Å². The van der Waals surface area contributed by atoms with E-state index in [1.54, 1.807) is 12.1 Å². The Hall–Kier alpha value is -2.03. The number of hydrogen-bond donors (Lipinski definition) is 0. The Morgan fingerprint density at radius 3 is 2.27 bits per heavy atom. The second kappa shape index (κ2) is 6.39. The summed E-state index contributed by atoms with van der Waals surface area (Å²) in [5.41, 5.74) is 1.37. The van der Waals surface area contributed by atoms with Gasteiger partial charge in [0.15, 0.2) is 5.75 Å². The molecule has 0 saturated carbocycles. The number of benzene rings is 2. The molecule has 0 fully saturated rings. The third-order valence-corrected chi connectivity index (χ3v) is 4.64. The number of nitrogens with zero attached hydrogens (tertiary/aromatic N) is 1. The van der Waals surface area contributed by atoms with Crippen molar-refractivity contribution in [2.24, 2.45) is 0 Å². The molecule has 0 N–H and O–H groups in total. The van der Waals surface area contributed by atoms with Crippen molar-refractivity contribution in [2.45, 2.75) is 24.7 Å². The third kappa shape index (κ3) is 3.59. The van der Waals surface area contributed by atoms with Crippen molar-refractivity contribution >= 4 is 21.7 Å². The first-order valence-corrected chi connectivity index (χ1v) is 8.36. The van der Waals surface area contributed by atoms with E-state index in [1.165, 1.54) is 30.3 Å². The average Bonchev–Trinajstić information content (AvgIpc) is 2.49. The maximum absolute atomic E-state index is 12.2. The van der Waals surface area contributed by atoms with Gasteiger partial charge in [-0.25, -0.2) is 0 Å². The van der Waals surface area contributed by atoms with E-state index in [4.69, 9.17) is 21.0 Å². The van der Waals surface area contributed by atoms with E-state index in [2.05, 4.69) is 0 Å². The van der Waals surface area contributed by atoms with Crippen LogP contribution in [0, 0.1) is 11.3 Å². The highest BCUT2D eigenvalue weighted by Gasteiger charge is 2.18. The summed E-state index contributed by atoms with van der Waals surface area (Å²) in [4.78, 5) is 0.0531. The van der Waals surface area contributed by atoms with Gasteiger partial charge in [-0.3, -0.25) is 0 Å². The summed E-state index contributed by atoms with van der Waals surface area (Å²) in [6.45, 7) is 4.05. The largest absolute Gasteiger partial charge is 0.377 e. The molecule has 0 aliphatic rings. The van der Waals surface area contributed by atoms with Gasteiger partial charge in [0.2, 0.25) is 0 Å². The first-order chi connectivity index (χ1) is 10.3. The zero-order chi connectivity index (χ0) is 16.3. The van der Waals surface area contributed by atoms with Crippen LogP contribution < -0.4 is 4.18 Å². The standard InChI is InChI=1S/C16H14ClNO3S/c1-11(2)13-4-6-14(7-5-13)22(19,20)21-16-8-3-12(10-18)9-15(16)17/h3-9,11H,1-2H3. The lowest BCUT2D eigenvalue weighted by Crippen LogP contribution is -2.10. The molecule has 0 aliphatic heterocycles. The summed E-state index contributed by atoms with van der Waals surface area (Å²) in [6, 6.07) is 12.6. The topological polar surface area (TPSA) is 67.2 Å². The molecule has 114 valence electrons. The fourth-order valence-corrected chi connectivity index (χ4v) is 3.04. The van der Waals surface area contributed by atoms with Gasteiger partial charge in [0.25, 0.3) is 0 Å². The molecule has 0 saturated heterocycles. The van der Waals surface area contributed by atoms with E-state index in [-0.39, 0.29) is 15.7 Å². The van der Waals surface area contributed by atoms with Crippen molar-refractivity contribution in [1.82, 2.24) is 0 Å². The molecule has 0 spiro atoms. The lowest BCUT2D eigenvalue weighted by Gasteiger charge is -2.10. The minimum atomic E-state index is -3.97. The van der Waals surface area contributed by atoms with Gasteiger partial charge < -0.3 is 4.18 Å². The van der Waals surface area contributed by atoms with Crippen LogP contribution in [0.2, 0.25) is 5.02 Å². The highest BCUT2D eigenvalue weighted by atomic mass is 35.5. The third-order valence-electron chi connectivity index (χ3n) is 3.10. The molecule has 0 unspecified atom stereocenters. The van der Waals surface area contributed by atoms with Crippen LogP contribution in [-0.2, 0) is 10.1 Å². The summed E-state index contributed by atoms with van der Waals surface area (Å²) < 4.78 is 29.5. The molecule has 0 aromatic heterocycles. The van der Waals surface area contributed by atoms with E-state index in [0.29, 0.717) is 11.5 Å². The molecular weight excluding hydrogens is 322 g/mol. The van der Waals surface area contributed by atoms with E-state index >= 15 is 0 Å². The van der Waals surface area contributed by atoms with E-state index in [0.717, 1.165) is 5.56 Å². The highest BCUT2D eigenvalue weighted by Crippen LogP contribution is 2.28. The van der Waals surface area contributed by atoms with Gasteiger partial charge in [-0.1, -0.05) is 37.6 Å². The average molecular weight is 336 g/mol. The molecule has 2 aromatic rings. The molecule has 22 heavy (non-hydrogen) atoms. The predicted octanol–water partition coefficient (Wildman–Crippen LogP) is 4.10. The van der Waals surface area contributed by atoms with Gasteiger partial charge >= 0.3 is 10.1 Å². The van der Waals surface area contributed by atoms with Crippen LogP contribution in [0.1, 0.15) is 30.9 Å². The number of rotatable bonds is 4. The monoisotopic (exact) mass is 335 g/mol. The fourth-order valence-electron chi connectivity index (χ4n) is 1.82. The summed E-state index contributed by atoms with van der Waals surface area (Å²) in [7, 11) is -3.97. The highest BCUT2D eigenvalue weighted by molar-refractivity contribution is 7.87. The van der Waals surface area contributed by atoms with Gasteiger partial charge in [0.05, 0.1) is 16.7 Å². The van der Waals surface area contributed by atoms with Crippen molar-refractivity contribution in [3.63, 3.8) is 0 Å². The maximum atomic E-state index is 12.2. The Morgan fingerprint density at radius 2 is 1.77 bits per heavy atom. The van der Waals surface area contributed by atoms with Crippen molar-refractivity contribution < 1.29 is 12.6 Å². The van der Waals surface area contributed by atoms with Crippen LogP contribution in [0.5, 0.6) is 5.75 Å². The van der Waals surface area contributed by atoms with E-state index < -0.39 is 10.1 Å². The second-order valence-electron chi connectivity index (χ2n) is 5.02. The molecule has 0 atom stereocenters. The van der Waals surface area contributed by atoms with Crippen LogP contribution >= 0.6 is 11.6 Å². The van der Waals surface area contributed by atoms with Crippen molar-refractivity contribution in [3.05, 3.63) is 58.6 Å². The normalized spacial score (nSPS) is 11.2. The molecule has 4 nitrogen and oxygen atoms in total. The molecule has 0 bridgehead atoms. The Bertz CT molecular complexity index is 821. The summed E-state index contributed by atoms with van der Waals surface area (Å²) in [6.07, 6.45) is 0. The summed E-state index contributed by atoms with van der Waals surface area (Å²) >= 11 is 5.93. The summed E-state index contributed by atoms with van der Waals surface area (Å²) in [5, 5.41) is 8.84. The van der Waals surface area contributed by atoms with Gasteiger partial charge in [0, 0.05) is 0 Å². The van der Waals surface area contributed by atoms with Crippen LogP contribution in [0.15, 0.2) is 47.4 Å². The molecule has 2 aromatic carbocycles. The molecule has 0 aliphatic carbocycles. The molecule has 6 heteroatoms. The molecular formula is C16H14ClNO3S. The zero-order valence-corrected chi connectivity index (χ0v) is 13.6. The number of nitriles is 1. The Kier molecular flexibility index (Phi) is 4.74. The maximum Gasteiger partial charge on any atom is 0.339 e. The molecule has 2 rings (SSSR count). The molecule has 0 heterocycles. The number of halogens is 1. The number of hydrogen-bond acceptors (Lipinski definition) is 4. The van der Waals surface area contributed by atoms with Crippen molar-refractivity contribution in [2.75, 3.05) is 0 Å². The van der Waals surface area contributed by atoms with Crippen molar-refractivity contribution in [1.29, 1.82) is 5.26 Å². The smallest absolute Gasteiger partial charge is 0.339 e. The van der Waals surface area contributed by atoms with Crippen LogP contribution in [0.25, 0.3) is 0 Å². The molecule has 0 radical (unpaired) electrons. The lowest BCUT2D eigenvalue weighted by molar-refractivity contribution is 0.486. The van der Waals surface area contributed by atoms with E-state index in [1.807, 2.05) is 19.9 Å². The Morgan fingerprint density at radius 1 is 1.14 bits per heavy atom. The van der Waals surface area contributed by atoms with Crippen LogP contribution in [0.3, 0.4) is 0 Å². The van der Waals surface area contributed by atoms with Crippen molar-refractivity contribution in [3.8, 4) is 11.8 Å². The predicted molar refractivity (Wildman–Crippen MR) is 84.5 cm³/mol. The van der Waals surface area contributed by atoms with Crippen LogP contribution in [-0.4, -0.2) is 8.42 Å². The van der Waals surface area contributed by atoms with Gasteiger partial charge in [-0.05, 0) is 41.8 Å². The van der Waals surface area contributed by atoms with Gasteiger partial charge in [0.1, 0.15) is 4.90 Å². The lowest BCUT2D eigenvalue weighted by atomic mass is 10.0. The first kappa shape index (κ1) is 16.3. The second-order valence-corrected chi connectivity index (χ2v) is 6.97. The molecule has 0 amide bonds. The van der Waals surface area contributed by atoms with Gasteiger partial charge in [-0.2, -0.15) is 13.7 Å². The van der Waals surface area contributed by atoms with E-state index in [9.17, 15) is 8.42 Å². The zero-order valence-electron chi connectivity index (χ0n) is 12.1. The minimum Gasteiger partial charge on any atom is -0.377 e. The minimum absolute atomic E-state index is 0.00592. The quantitative estimate of drug-likeness (QED) is 0.789. The SMILES string of the molecule is CC(C)c1ccc(S(=O)(=O)Oc2ccc(C#N)cc2Cl)cc1. The Balaban J connectivity index is 2.30. The van der Waals surface area contributed by atoms with Gasteiger partial charge in [-0.15, -0.1) is 0 Å².